The van der Waals surface area contributed by atoms with Gasteiger partial charge in [0.2, 0.25) is 6.41 Å². The van der Waals surface area contributed by atoms with Crippen LogP contribution >= 0.6 is 0 Å². The first-order valence-corrected chi connectivity index (χ1v) is 12.9. The SMILES string of the molecule is CCc1ccccc1CN1CCN(c2ccc(C)cc2)CC1.Cc1cc(N)c2cc(NC=O)ccc2n1. The molecule has 6 nitrogen and oxygen atoms in total. The molecule has 1 aromatic heterocycles. The highest BCUT2D eigenvalue weighted by atomic mass is 16.1. The van der Waals surface area contributed by atoms with Gasteiger partial charge in [0.15, 0.2) is 0 Å². The molecule has 5 rings (SSSR count). The highest BCUT2D eigenvalue weighted by molar-refractivity contribution is 5.93. The van der Waals surface area contributed by atoms with Crippen molar-refractivity contribution in [2.24, 2.45) is 0 Å². The number of aryl methyl sites for hydroxylation is 3. The molecule has 3 N–H and O–H groups in total. The van der Waals surface area contributed by atoms with E-state index in [4.69, 9.17) is 5.73 Å². The summed E-state index contributed by atoms with van der Waals surface area (Å²) in [7, 11) is 0. The van der Waals surface area contributed by atoms with Gasteiger partial charge in [-0.25, -0.2) is 0 Å². The molecule has 1 saturated heterocycles. The van der Waals surface area contributed by atoms with Crippen molar-refractivity contribution in [2.45, 2.75) is 33.7 Å². The Kier molecular flexibility index (Phi) is 8.75. The monoisotopic (exact) mass is 495 g/mol. The van der Waals surface area contributed by atoms with Crippen LogP contribution in [0.4, 0.5) is 17.1 Å². The minimum Gasteiger partial charge on any atom is -0.398 e. The van der Waals surface area contributed by atoms with E-state index in [2.05, 4.69) is 82.5 Å². The smallest absolute Gasteiger partial charge is 0.211 e. The maximum atomic E-state index is 10.3. The first-order valence-electron chi connectivity index (χ1n) is 12.9. The Hall–Kier alpha value is -3.90. The van der Waals surface area contributed by atoms with Crippen molar-refractivity contribution < 1.29 is 4.79 Å². The normalized spacial score (nSPS) is 13.6. The zero-order chi connectivity index (χ0) is 26.2. The van der Waals surface area contributed by atoms with Crippen molar-refractivity contribution in [3.63, 3.8) is 0 Å². The summed E-state index contributed by atoms with van der Waals surface area (Å²) in [6, 6.07) is 25.0. The number of nitrogen functional groups attached to an aromatic ring is 1. The van der Waals surface area contributed by atoms with Gasteiger partial charge in [-0.05, 0) is 67.8 Å². The highest BCUT2D eigenvalue weighted by Gasteiger charge is 2.17. The van der Waals surface area contributed by atoms with E-state index in [1.165, 1.54) is 22.4 Å². The lowest BCUT2D eigenvalue weighted by Crippen LogP contribution is -2.46. The van der Waals surface area contributed by atoms with Crippen molar-refractivity contribution in [1.29, 1.82) is 0 Å². The Labute approximate surface area is 220 Å². The summed E-state index contributed by atoms with van der Waals surface area (Å²) in [6.45, 7) is 11.9. The minimum absolute atomic E-state index is 0.638. The molecule has 0 saturated carbocycles. The molecule has 0 spiro atoms. The fraction of sp³-hybridized carbons (Fsp3) is 0.290. The van der Waals surface area contributed by atoms with E-state index in [0.717, 1.165) is 61.4 Å². The van der Waals surface area contributed by atoms with E-state index >= 15 is 0 Å². The molecule has 192 valence electrons. The Morgan fingerprint density at radius 1 is 0.919 bits per heavy atom. The number of fused-ring (bicyclic) bond motifs is 1. The second-order valence-electron chi connectivity index (χ2n) is 9.57. The van der Waals surface area contributed by atoms with Gasteiger partial charge >= 0.3 is 0 Å². The first kappa shape index (κ1) is 26.2. The molecule has 0 bridgehead atoms. The first-order chi connectivity index (χ1) is 18.0. The number of nitrogens with zero attached hydrogens (tertiary/aromatic N) is 3. The number of carbonyl (C=O) groups excluding carboxylic acids is 1. The maximum Gasteiger partial charge on any atom is 0.211 e. The van der Waals surface area contributed by atoms with Crippen LogP contribution in [-0.2, 0) is 17.8 Å². The number of anilines is 3. The lowest BCUT2D eigenvalue weighted by molar-refractivity contribution is -0.105. The van der Waals surface area contributed by atoms with Crippen LogP contribution in [0.25, 0.3) is 10.9 Å². The molecular formula is C31H37N5O. The fourth-order valence-electron chi connectivity index (χ4n) is 4.76. The van der Waals surface area contributed by atoms with Crippen LogP contribution in [0.1, 0.15) is 29.3 Å². The second kappa shape index (κ2) is 12.4. The lowest BCUT2D eigenvalue weighted by Gasteiger charge is -2.36. The number of piperazine rings is 1. The van der Waals surface area contributed by atoms with Gasteiger partial charge in [0.1, 0.15) is 0 Å². The average Bonchev–Trinajstić information content (AvgIpc) is 2.91. The maximum absolute atomic E-state index is 10.3. The number of nitrogens with one attached hydrogen (secondary N) is 1. The molecule has 0 radical (unpaired) electrons. The third-order valence-corrected chi connectivity index (χ3v) is 6.86. The number of nitrogens with two attached hydrogens (primary N) is 1. The molecule has 0 atom stereocenters. The van der Waals surface area contributed by atoms with E-state index in [-0.39, 0.29) is 0 Å². The molecular weight excluding hydrogens is 458 g/mol. The third-order valence-electron chi connectivity index (χ3n) is 6.86. The summed E-state index contributed by atoms with van der Waals surface area (Å²) in [5.74, 6) is 0. The average molecular weight is 496 g/mol. The Morgan fingerprint density at radius 3 is 2.30 bits per heavy atom. The van der Waals surface area contributed by atoms with Crippen LogP contribution < -0.4 is 16.0 Å². The Balaban J connectivity index is 0.000000186. The van der Waals surface area contributed by atoms with E-state index in [1.807, 2.05) is 25.1 Å². The molecule has 1 fully saturated rings. The lowest BCUT2D eigenvalue weighted by atomic mass is 10.0. The van der Waals surface area contributed by atoms with Gasteiger partial charge in [-0.2, -0.15) is 0 Å². The van der Waals surface area contributed by atoms with Crippen molar-refractivity contribution in [3.8, 4) is 0 Å². The van der Waals surface area contributed by atoms with Gasteiger partial charge in [-0.3, -0.25) is 14.7 Å². The summed E-state index contributed by atoms with van der Waals surface area (Å²) >= 11 is 0. The Bertz CT molecular complexity index is 1330. The van der Waals surface area contributed by atoms with Crippen LogP contribution in [0, 0.1) is 13.8 Å². The minimum atomic E-state index is 0.638. The zero-order valence-corrected chi connectivity index (χ0v) is 22.1. The van der Waals surface area contributed by atoms with E-state index in [0.29, 0.717) is 12.1 Å². The number of hydrogen-bond donors (Lipinski definition) is 2. The van der Waals surface area contributed by atoms with Gasteiger partial charge in [-0.1, -0.05) is 48.9 Å². The molecule has 37 heavy (non-hydrogen) atoms. The number of amides is 1. The molecule has 1 amide bonds. The molecule has 0 unspecified atom stereocenters. The van der Waals surface area contributed by atoms with E-state index in [9.17, 15) is 4.79 Å². The van der Waals surface area contributed by atoms with Crippen molar-refractivity contribution >= 4 is 34.4 Å². The number of carbonyl (C=O) groups is 1. The van der Waals surface area contributed by atoms with Gasteiger partial charge < -0.3 is 16.0 Å². The van der Waals surface area contributed by atoms with Gasteiger partial charge in [0.05, 0.1) is 5.52 Å². The van der Waals surface area contributed by atoms with Crippen LogP contribution in [0.15, 0.2) is 72.8 Å². The van der Waals surface area contributed by atoms with Crippen molar-refractivity contribution in [2.75, 3.05) is 42.1 Å². The summed E-state index contributed by atoms with van der Waals surface area (Å²) in [5.41, 5.74) is 14.7. The van der Waals surface area contributed by atoms with Crippen LogP contribution in [-0.4, -0.2) is 42.5 Å². The van der Waals surface area contributed by atoms with Crippen LogP contribution in [0.5, 0.6) is 0 Å². The predicted molar refractivity (Wildman–Crippen MR) is 155 cm³/mol. The highest BCUT2D eigenvalue weighted by Crippen LogP contribution is 2.24. The number of pyridine rings is 1. The molecule has 1 aliphatic heterocycles. The Morgan fingerprint density at radius 2 is 1.62 bits per heavy atom. The second-order valence-corrected chi connectivity index (χ2v) is 9.57. The topological polar surface area (TPSA) is 74.5 Å². The zero-order valence-electron chi connectivity index (χ0n) is 22.1. The molecule has 6 heteroatoms. The molecule has 1 aliphatic rings. The van der Waals surface area contributed by atoms with Gasteiger partial charge in [0, 0.05) is 60.9 Å². The number of rotatable bonds is 6. The van der Waals surface area contributed by atoms with Crippen molar-refractivity contribution in [1.82, 2.24) is 9.88 Å². The number of hydrogen-bond acceptors (Lipinski definition) is 5. The number of benzene rings is 3. The molecule has 0 aliphatic carbocycles. The van der Waals surface area contributed by atoms with Crippen LogP contribution in [0.2, 0.25) is 0 Å². The molecule has 4 aromatic rings. The summed E-state index contributed by atoms with van der Waals surface area (Å²) in [6.07, 6.45) is 1.76. The summed E-state index contributed by atoms with van der Waals surface area (Å²) in [4.78, 5) is 19.7. The third kappa shape index (κ3) is 6.86. The van der Waals surface area contributed by atoms with Gasteiger partial charge in [-0.15, -0.1) is 0 Å². The fourth-order valence-corrected chi connectivity index (χ4v) is 4.76. The molecule has 3 aromatic carbocycles. The summed E-state index contributed by atoms with van der Waals surface area (Å²) in [5, 5.41) is 3.43. The molecule has 2 heterocycles. The standard InChI is InChI=1S/C20H26N2.C11H11N3O/c1-3-18-6-4-5-7-19(18)16-21-12-14-22(15-13-21)20-10-8-17(2)9-11-20;1-7-4-10(12)9-5-8(13-6-15)2-3-11(9)14-7/h4-11H,3,12-16H2,1-2H3;2-6H,1H3,(H2,12,14)(H,13,15). The van der Waals surface area contributed by atoms with E-state index < -0.39 is 0 Å². The summed E-state index contributed by atoms with van der Waals surface area (Å²) < 4.78 is 0. The van der Waals surface area contributed by atoms with E-state index in [1.54, 1.807) is 6.07 Å². The quantitative estimate of drug-likeness (QED) is 0.342. The predicted octanol–water partition coefficient (Wildman–Crippen LogP) is 5.57. The van der Waals surface area contributed by atoms with Crippen LogP contribution in [0.3, 0.4) is 0 Å². The number of aromatic nitrogens is 1. The largest absolute Gasteiger partial charge is 0.398 e. The van der Waals surface area contributed by atoms with Gasteiger partial charge in [0.25, 0.3) is 0 Å². The van der Waals surface area contributed by atoms with Crippen molar-refractivity contribution in [3.05, 3.63) is 95.2 Å².